The van der Waals surface area contributed by atoms with E-state index in [-0.39, 0.29) is 6.10 Å². The molecule has 2 amide bonds. The quantitative estimate of drug-likeness (QED) is 0.781. The zero-order valence-electron chi connectivity index (χ0n) is 13.1. The number of para-hydroxylation sites is 1. The summed E-state index contributed by atoms with van der Waals surface area (Å²) >= 11 is 0. The van der Waals surface area contributed by atoms with Crippen molar-refractivity contribution in [2.24, 2.45) is 0 Å². The van der Waals surface area contributed by atoms with Crippen molar-refractivity contribution in [3.63, 3.8) is 0 Å². The Bertz CT molecular complexity index is 695. The number of aromatic nitrogens is 3. The van der Waals surface area contributed by atoms with Crippen LogP contribution in [0, 0.1) is 0 Å². The summed E-state index contributed by atoms with van der Waals surface area (Å²) in [4.78, 5) is 27.9. The Kier molecular flexibility index (Phi) is 5.17. The van der Waals surface area contributed by atoms with Gasteiger partial charge in [-0.2, -0.15) is 5.10 Å². The molecule has 126 valence electrons. The van der Waals surface area contributed by atoms with Gasteiger partial charge in [0.25, 0.3) is 0 Å². The average Bonchev–Trinajstić information content (AvgIpc) is 3.28. The molecule has 2 heterocycles. The summed E-state index contributed by atoms with van der Waals surface area (Å²) in [6, 6.07) is 7.27. The Hall–Kier alpha value is -2.74. The van der Waals surface area contributed by atoms with Gasteiger partial charge in [0.2, 0.25) is 0 Å². The maximum absolute atomic E-state index is 12.1. The maximum Gasteiger partial charge on any atom is 0.313 e. The van der Waals surface area contributed by atoms with E-state index >= 15 is 0 Å². The van der Waals surface area contributed by atoms with Crippen LogP contribution in [-0.2, 0) is 20.9 Å². The van der Waals surface area contributed by atoms with E-state index in [0.29, 0.717) is 25.4 Å². The molecule has 1 aliphatic heterocycles. The van der Waals surface area contributed by atoms with E-state index in [4.69, 9.17) is 4.74 Å². The van der Waals surface area contributed by atoms with E-state index in [2.05, 4.69) is 20.7 Å². The van der Waals surface area contributed by atoms with Crippen LogP contribution >= 0.6 is 0 Å². The molecule has 1 fully saturated rings. The van der Waals surface area contributed by atoms with Gasteiger partial charge in [-0.15, -0.1) is 0 Å². The highest BCUT2D eigenvalue weighted by atomic mass is 16.5. The normalized spacial score (nSPS) is 16.8. The van der Waals surface area contributed by atoms with Gasteiger partial charge in [-0.05, 0) is 24.5 Å². The lowest BCUT2D eigenvalue weighted by atomic mass is 10.1. The lowest BCUT2D eigenvalue weighted by molar-refractivity contribution is -0.136. The molecule has 24 heavy (non-hydrogen) atoms. The smallest absolute Gasteiger partial charge is 0.313 e. The fourth-order valence-corrected chi connectivity index (χ4v) is 2.54. The first-order chi connectivity index (χ1) is 11.7. The van der Waals surface area contributed by atoms with E-state index in [1.807, 2.05) is 12.1 Å². The molecule has 8 nitrogen and oxygen atoms in total. The molecule has 1 aliphatic rings. The second kappa shape index (κ2) is 7.69. The molecule has 1 saturated heterocycles. The van der Waals surface area contributed by atoms with Crippen LogP contribution in [0.4, 0.5) is 5.69 Å². The Morgan fingerprint density at radius 1 is 1.29 bits per heavy atom. The summed E-state index contributed by atoms with van der Waals surface area (Å²) in [6.07, 6.45) is 4.93. The number of ether oxygens (including phenoxy) is 1. The van der Waals surface area contributed by atoms with Gasteiger partial charge in [0, 0.05) is 18.8 Å². The number of nitrogens with one attached hydrogen (secondary N) is 2. The molecule has 0 aliphatic carbocycles. The number of hydrogen-bond acceptors (Lipinski definition) is 5. The van der Waals surface area contributed by atoms with Crippen molar-refractivity contribution in [2.75, 3.05) is 18.5 Å². The number of carbonyl (C=O) groups is 2. The molecule has 0 radical (unpaired) electrons. The fourth-order valence-electron chi connectivity index (χ4n) is 2.54. The molecule has 1 atom stereocenters. The molecular weight excluding hydrogens is 310 g/mol. The summed E-state index contributed by atoms with van der Waals surface area (Å²) in [6.45, 7) is 1.52. The van der Waals surface area contributed by atoms with Crippen LogP contribution in [0.5, 0.6) is 0 Å². The Morgan fingerprint density at radius 2 is 2.17 bits per heavy atom. The molecular formula is C16H19N5O3. The van der Waals surface area contributed by atoms with Crippen molar-refractivity contribution < 1.29 is 14.3 Å². The Labute approximate surface area is 139 Å². The monoisotopic (exact) mass is 329 g/mol. The zero-order valence-corrected chi connectivity index (χ0v) is 13.1. The number of rotatable bonds is 5. The van der Waals surface area contributed by atoms with Crippen molar-refractivity contribution >= 4 is 17.5 Å². The number of anilines is 1. The highest BCUT2D eigenvalue weighted by Gasteiger charge is 2.20. The Morgan fingerprint density at radius 3 is 2.92 bits per heavy atom. The van der Waals surface area contributed by atoms with Gasteiger partial charge in [-0.3, -0.25) is 9.59 Å². The minimum Gasteiger partial charge on any atom is -0.376 e. The molecule has 2 aromatic rings. The highest BCUT2D eigenvalue weighted by molar-refractivity contribution is 6.39. The van der Waals surface area contributed by atoms with Crippen LogP contribution in [0.2, 0.25) is 0 Å². The third-order valence-corrected chi connectivity index (χ3v) is 3.78. The van der Waals surface area contributed by atoms with Gasteiger partial charge in [0.05, 0.1) is 12.6 Å². The van der Waals surface area contributed by atoms with Gasteiger partial charge < -0.3 is 15.4 Å². The van der Waals surface area contributed by atoms with Crippen molar-refractivity contribution in [3.8, 4) is 0 Å². The highest BCUT2D eigenvalue weighted by Crippen LogP contribution is 2.16. The van der Waals surface area contributed by atoms with Gasteiger partial charge in [0.1, 0.15) is 12.7 Å². The van der Waals surface area contributed by atoms with Crippen LogP contribution < -0.4 is 10.6 Å². The molecule has 1 aromatic heterocycles. The predicted octanol–water partition coefficient (Wildman–Crippen LogP) is 0.560. The number of nitrogens with zero attached hydrogens (tertiary/aromatic N) is 3. The second-order valence-corrected chi connectivity index (χ2v) is 5.55. The topological polar surface area (TPSA) is 98.1 Å². The fraction of sp³-hybridized carbons (Fsp3) is 0.375. The lowest BCUT2D eigenvalue weighted by Gasteiger charge is -2.12. The minimum absolute atomic E-state index is 0.00125. The molecule has 1 aromatic carbocycles. The summed E-state index contributed by atoms with van der Waals surface area (Å²) in [5, 5.41) is 9.29. The molecule has 3 rings (SSSR count). The summed E-state index contributed by atoms with van der Waals surface area (Å²) in [5.41, 5.74) is 1.41. The van der Waals surface area contributed by atoms with E-state index < -0.39 is 11.8 Å². The molecule has 0 saturated carbocycles. The van der Waals surface area contributed by atoms with Gasteiger partial charge in [0.15, 0.2) is 0 Å². The van der Waals surface area contributed by atoms with Crippen LogP contribution in [0.15, 0.2) is 36.9 Å². The maximum atomic E-state index is 12.1. The van der Waals surface area contributed by atoms with Crippen molar-refractivity contribution in [3.05, 3.63) is 42.5 Å². The van der Waals surface area contributed by atoms with Crippen LogP contribution in [0.3, 0.4) is 0 Å². The molecule has 2 N–H and O–H groups in total. The first-order valence-electron chi connectivity index (χ1n) is 7.83. The third-order valence-electron chi connectivity index (χ3n) is 3.78. The number of hydrogen-bond donors (Lipinski definition) is 2. The molecule has 0 bridgehead atoms. The van der Waals surface area contributed by atoms with Crippen LogP contribution in [0.1, 0.15) is 18.4 Å². The molecule has 1 unspecified atom stereocenters. The first kappa shape index (κ1) is 16.1. The minimum atomic E-state index is -0.695. The number of benzene rings is 1. The number of amides is 2. The largest absolute Gasteiger partial charge is 0.376 e. The van der Waals surface area contributed by atoms with Gasteiger partial charge in [-0.1, -0.05) is 18.2 Å². The van der Waals surface area contributed by atoms with Crippen LogP contribution in [-0.4, -0.2) is 45.8 Å². The third kappa shape index (κ3) is 4.17. The standard InChI is InChI=1S/C16H19N5O3/c22-15(18-8-13-5-3-7-24-13)16(23)20-14-6-2-1-4-12(14)9-21-11-17-10-19-21/h1-2,4,6,10-11,13H,3,5,7-9H2,(H,18,22)(H,20,23). The second-order valence-electron chi connectivity index (χ2n) is 5.55. The van der Waals surface area contributed by atoms with E-state index in [1.165, 1.54) is 6.33 Å². The molecule has 8 heteroatoms. The number of carbonyl (C=O) groups excluding carboxylic acids is 2. The molecule has 0 spiro atoms. The summed E-state index contributed by atoms with van der Waals surface area (Å²) < 4.78 is 7.06. The summed E-state index contributed by atoms with van der Waals surface area (Å²) in [5.74, 6) is -1.36. The van der Waals surface area contributed by atoms with Crippen molar-refractivity contribution in [1.82, 2.24) is 20.1 Å². The van der Waals surface area contributed by atoms with E-state index in [0.717, 1.165) is 18.4 Å². The average molecular weight is 329 g/mol. The Balaban J connectivity index is 1.58. The first-order valence-corrected chi connectivity index (χ1v) is 7.83. The van der Waals surface area contributed by atoms with Crippen molar-refractivity contribution in [1.29, 1.82) is 0 Å². The zero-order chi connectivity index (χ0) is 16.8. The predicted molar refractivity (Wildman–Crippen MR) is 86.2 cm³/mol. The lowest BCUT2D eigenvalue weighted by Crippen LogP contribution is -2.39. The van der Waals surface area contributed by atoms with Gasteiger partial charge >= 0.3 is 11.8 Å². The van der Waals surface area contributed by atoms with E-state index in [1.54, 1.807) is 23.1 Å². The SMILES string of the molecule is O=C(NCC1CCCO1)C(=O)Nc1ccccc1Cn1cncn1. The van der Waals surface area contributed by atoms with Crippen LogP contribution in [0.25, 0.3) is 0 Å². The van der Waals surface area contributed by atoms with Crippen molar-refractivity contribution in [2.45, 2.75) is 25.5 Å². The summed E-state index contributed by atoms with van der Waals surface area (Å²) in [7, 11) is 0. The van der Waals surface area contributed by atoms with Gasteiger partial charge in [-0.25, -0.2) is 9.67 Å². The van der Waals surface area contributed by atoms with E-state index in [9.17, 15) is 9.59 Å².